The van der Waals surface area contributed by atoms with Crippen LogP contribution >= 0.6 is 11.9 Å². The van der Waals surface area contributed by atoms with E-state index in [1.807, 2.05) is 0 Å². The van der Waals surface area contributed by atoms with Crippen molar-refractivity contribution in [2.24, 2.45) is 0 Å². The van der Waals surface area contributed by atoms with Gasteiger partial charge in [0.1, 0.15) is 0 Å². The van der Waals surface area contributed by atoms with Crippen LogP contribution in [0.25, 0.3) is 0 Å². The molecule has 2 heteroatoms. The van der Waals surface area contributed by atoms with Gasteiger partial charge in [0.15, 0.2) is 0 Å². The fourth-order valence-electron chi connectivity index (χ4n) is 3.22. The average molecular weight is 292 g/mol. The molecule has 0 saturated heterocycles. The third-order valence-electron chi connectivity index (χ3n) is 4.18. The van der Waals surface area contributed by atoms with Crippen molar-refractivity contribution in [2.75, 3.05) is 18.8 Å². The van der Waals surface area contributed by atoms with Crippen LogP contribution in [0.15, 0.2) is 24.3 Å². The lowest BCUT2D eigenvalue weighted by Crippen LogP contribution is -2.19. The number of hydrogen-bond donors (Lipinski definition) is 0. The quantitative estimate of drug-likeness (QED) is 0.600. The predicted molar refractivity (Wildman–Crippen MR) is 91.4 cm³/mol. The van der Waals surface area contributed by atoms with Gasteiger partial charge in [-0.25, -0.2) is 0 Å². The third kappa shape index (κ3) is 4.53. The molecule has 1 aliphatic rings. The Morgan fingerprint density at radius 3 is 2.65 bits per heavy atom. The Morgan fingerprint density at radius 2 is 1.90 bits per heavy atom. The smallest absolute Gasteiger partial charge is 0.00867 e. The zero-order valence-electron chi connectivity index (χ0n) is 13.1. The van der Waals surface area contributed by atoms with Crippen molar-refractivity contribution < 1.29 is 0 Å². The van der Waals surface area contributed by atoms with Gasteiger partial charge in [0.2, 0.25) is 0 Å². The Labute approximate surface area is 129 Å². The minimum atomic E-state index is 0.803. The highest BCUT2D eigenvalue weighted by Crippen LogP contribution is 2.34. The molecule has 0 saturated carbocycles. The maximum absolute atomic E-state index is 2.56. The summed E-state index contributed by atoms with van der Waals surface area (Å²) in [5, 5.41) is 0. The lowest BCUT2D eigenvalue weighted by atomic mass is 9.81. The highest BCUT2D eigenvalue weighted by molar-refractivity contribution is 7.97. The Morgan fingerprint density at radius 1 is 1.15 bits per heavy atom. The monoisotopic (exact) mass is 291 g/mol. The summed E-state index contributed by atoms with van der Waals surface area (Å²) in [6.07, 6.45) is 7.92. The van der Waals surface area contributed by atoms with Crippen LogP contribution in [0, 0.1) is 0 Å². The van der Waals surface area contributed by atoms with Crippen LogP contribution in [0.5, 0.6) is 0 Å². The first-order valence-corrected chi connectivity index (χ1v) is 9.25. The summed E-state index contributed by atoms with van der Waals surface area (Å²) in [4.78, 5) is 0. The first-order valence-electron chi connectivity index (χ1n) is 8.30. The van der Waals surface area contributed by atoms with Gasteiger partial charge in [-0.15, -0.1) is 0 Å². The van der Waals surface area contributed by atoms with Gasteiger partial charge in [-0.2, -0.15) is 0 Å². The van der Waals surface area contributed by atoms with E-state index in [2.05, 4.69) is 54.4 Å². The summed E-state index contributed by atoms with van der Waals surface area (Å²) in [5.74, 6) is 2.08. The average Bonchev–Trinajstić information content (AvgIpc) is 2.48. The molecule has 0 fully saturated rings. The minimum Gasteiger partial charge on any atom is -0.251 e. The number of aryl methyl sites for hydroxylation is 1. The zero-order valence-corrected chi connectivity index (χ0v) is 13.9. The molecular formula is C18H29NS. The van der Waals surface area contributed by atoms with E-state index in [4.69, 9.17) is 0 Å². The van der Waals surface area contributed by atoms with Crippen LogP contribution < -0.4 is 0 Å². The molecule has 0 N–H and O–H groups in total. The number of hydrogen-bond acceptors (Lipinski definition) is 2. The summed E-state index contributed by atoms with van der Waals surface area (Å²) in [6, 6.07) is 9.10. The van der Waals surface area contributed by atoms with Crippen LogP contribution in [0.2, 0.25) is 0 Å². The van der Waals surface area contributed by atoms with E-state index in [-0.39, 0.29) is 0 Å². The molecule has 0 aliphatic heterocycles. The van der Waals surface area contributed by atoms with Gasteiger partial charge in [0.25, 0.3) is 0 Å². The molecule has 112 valence electrons. The maximum atomic E-state index is 2.56. The van der Waals surface area contributed by atoms with Gasteiger partial charge in [0.05, 0.1) is 0 Å². The van der Waals surface area contributed by atoms with E-state index >= 15 is 0 Å². The molecule has 0 radical (unpaired) electrons. The number of fused-ring (bicyclic) bond motifs is 1. The molecule has 1 atom stereocenters. The molecule has 1 unspecified atom stereocenters. The molecule has 1 nitrogen and oxygen atoms in total. The van der Waals surface area contributed by atoms with Crippen molar-refractivity contribution in [1.82, 2.24) is 4.31 Å². The van der Waals surface area contributed by atoms with Gasteiger partial charge >= 0.3 is 0 Å². The lowest BCUT2D eigenvalue weighted by molar-refractivity contribution is 0.464. The number of nitrogens with zero attached hydrogens (tertiary/aromatic N) is 1. The van der Waals surface area contributed by atoms with E-state index in [0.717, 1.165) is 5.92 Å². The first-order chi connectivity index (χ1) is 9.85. The van der Waals surface area contributed by atoms with E-state index in [1.165, 1.54) is 57.4 Å². The molecule has 0 aromatic heterocycles. The zero-order chi connectivity index (χ0) is 14.2. The Bertz CT molecular complexity index is 385. The van der Waals surface area contributed by atoms with Crippen LogP contribution in [0.3, 0.4) is 0 Å². The molecule has 0 spiro atoms. The SMILES string of the molecule is CCCN(CCC)SCCC1CCCc2ccccc21. The molecule has 1 aliphatic carbocycles. The molecule has 1 aromatic carbocycles. The number of benzene rings is 1. The van der Waals surface area contributed by atoms with Gasteiger partial charge < -0.3 is 0 Å². The van der Waals surface area contributed by atoms with Crippen molar-refractivity contribution >= 4 is 11.9 Å². The Kier molecular flexibility index (Phi) is 6.95. The molecule has 0 bridgehead atoms. The van der Waals surface area contributed by atoms with Crippen LogP contribution in [-0.2, 0) is 6.42 Å². The predicted octanol–water partition coefficient (Wildman–Crippen LogP) is 5.27. The Hall–Kier alpha value is -0.470. The normalized spacial score (nSPS) is 18.2. The summed E-state index contributed by atoms with van der Waals surface area (Å²) < 4.78 is 2.56. The van der Waals surface area contributed by atoms with Crippen molar-refractivity contribution in [3.8, 4) is 0 Å². The lowest BCUT2D eigenvalue weighted by Gasteiger charge is -2.26. The van der Waals surface area contributed by atoms with E-state index in [1.54, 1.807) is 11.1 Å². The molecule has 0 amide bonds. The van der Waals surface area contributed by atoms with Crippen molar-refractivity contribution in [1.29, 1.82) is 0 Å². The summed E-state index contributed by atoms with van der Waals surface area (Å²) in [6.45, 7) is 7.03. The van der Waals surface area contributed by atoms with Gasteiger partial charge in [-0.3, -0.25) is 4.31 Å². The van der Waals surface area contributed by atoms with Crippen molar-refractivity contribution in [3.05, 3.63) is 35.4 Å². The van der Waals surface area contributed by atoms with Crippen molar-refractivity contribution in [3.63, 3.8) is 0 Å². The first kappa shape index (κ1) is 15.9. The van der Waals surface area contributed by atoms with Gasteiger partial charge in [-0.1, -0.05) is 50.1 Å². The van der Waals surface area contributed by atoms with Crippen molar-refractivity contribution in [2.45, 2.75) is 58.3 Å². The van der Waals surface area contributed by atoms with Crippen LogP contribution in [0.1, 0.15) is 63.0 Å². The summed E-state index contributed by atoms with van der Waals surface area (Å²) in [7, 11) is 0. The molecule has 1 aromatic rings. The Balaban J connectivity index is 1.82. The summed E-state index contributed by atoms with van der Waals surface area (Å²) >= 11 is 2.07. The second-order valence-electron chi connectivity index (χ2n) is 5.84. The highest BCUT2D eigenvalue weighted by atomic mass is 32.2. The molecule has 0 heterocycles. The largest absolute Gasteiger partial charge is 0.251 e. The fourth-order valence-corrected chi connectivity index (χ4v) is 4.49. The maximum Gasteiger partial charge on any atom is 0.00867 e. The van der Waals surface area contributed by atoms with E-state index in [9.17, 15) is 0 Å². The van der Waals surface area contributed by atoms with Crippen LogP contribution in [0.4, 0.5) is 0 Å². The van der Waals surface area contributed by atoms with E-state index in [0.29, 0.717) is 0 Å². The second-order valence-corrected chi connectivity index (χ2v) is 7.02. The van der Waals surface area contributed by atoms with Gasteiger partial charge in [-0.05, 0) is 55.6 Å². The minimum absolute atomic E-state index is 0.803. The summed E-state index contributed by atoms with van der Waals surface area (Å²) in [5.41, 5.74) is 3.24. The topological polar surface area (TPSA) is 3.24 Å². The second kappa shape index (κ2) is 8.74. The van der Waals surface area contributed by atoms with Gasteiger partial charge in [0, 0.05) is 18.8 Å². The van der Waals surface area contributed by atoms with E-state index < -0.39 is 0 Å². The fraction of sp³-hybridized carbons (Fsp3) is 0.667. The number of rotatable bonds is 8. The molecule has 20 heavy (non-hydrogen) atoms. The standard InChI is InChI=1S/C18H29NS/c1-3-13-19(14-4-2)20-15-12-17-10-7-9-16-8-5-6-11-18(16)17/h5-6,8,11,17H,3-4,7,9-10,12-15H2,1-2H3. The molecular weight excluding hydrogens is 262 g/mol. The van der Waals surface area contributed by atoms with Crippen LogP contribution in [-0.4, -0.2) is 23.1 Å². The highest BCUT2D eigenvalue weighted by Gasteiger charge is 2.19. The third-order valence-corrected chi connectivity index (χ3v) is 5.33. The molecule has 2 rings (SSSR count).